The zero-order valence-corrected chi connectivity index (χ0v) is 19.5. The van der Waals surface area contributed by atoms with Gasteiger partial charge in [-0.15, -0.1) is 10.2 Å². The van der Waals surface area contributed by atoms with E-state index in [9.17, 15) is 0 Å². The summed E-state index contributed by atoms with van der Waals surface area (Å²) in [5, 5.41) is 14.0. The lowest BCUT2D eigenvalue weighted by Gasteiger charge is -2.46. The lowest BCUT2D eigenvalue weighted by atomic mass is 9.77. The van der Waals surface area contributed by atoms with E-state index in [2.05, 4.69) is 69.7 Å². The van der Waals surface area contributed by atoms with Crippen molar-refractivity contribution in [2.45, 2.75) is 51.1 Å². The molecule has 3 atom stereocenters. The quantitative estimate of drug-likeness (QED) is 0.598. The third-order valence-electron chi connectivity index (χ3n) is 7.14. The molecule has 8 nitrogen and oxygen atoms in total. The summed E-state index contributed by atoms with van der Waals surface area (Å²) in [6.45, 7) is 6.84. The Kier molecular flexibility index (Phi) is 6.03. The molecule has 0 aliphatic carbocycles. The summed E-state index contributed by atoms with van der Waals surface area (Å²) in [4.78, 5) is 2.61. The number of hydrogen-bond donors (Lipinski definition) is 2. The van der Waals surface area contributed by atoms with Gasteiger partial charge in [0.25, 0.3) is 0 Å². The van der Waals surface area contributed by atoms with Crippen molar-refractivity contribution >= 4 is 0 Å². The molecule has 8 heteroatoms. The first-order valence-electron chi connectivity index (χ1n) is 11.7. The smallest absolute Gasteiger partial charge is 0.177 e. The lowest BCUT2D eigenvalue weighted by molar-refractivity contribution is 0.109. The van der Waals surface area contributed by atoms with Gasteiger partial charge >= 0.3 is 0 Å². The molecule has 0 saturated carbocycles. The summed E-state index contributed by atoms with van der Waals surface area (Å²) < 4.78 is 11.7. The zero-order valence-electron chi connectivity index (χ0n) is 19.5. The number of ether oxygens (including phenoxy) is 2. The van der Waals surface area contributed by atoms with E-state index in [1.807, 2.05) is 0 Å². The normalized spacial score (nSPS) is 22.5. The van der Waals surface area contributed by atoms with Crippen molar-refractivity contribution in [1.29, 1.82) is 0 Å². The van der Waals surface area contributed by atoms with Crippen LogP contribution < -0.4 is 15.2 Å². The van der Waals surface area contributed by atoms with Crippen molar-refractivity contribution in [3.63, 3.8) is 0 Å². The third-order valence-corrected chi connectivity index (χ3v) is 7.14. The Hall–Kier alpha value is -2.97. The van der Waals surface area contributed by atoms with Gasteiger partial charge < -0.3 is 15.2 Å². The second kappa shape index (κ2) is 9.11. The molecule has 3 N–H and O–H groups in total. The lowest BCUT2D eigenvalue weighted by Crippen LogP contribution is -2.49. The van der Waals surface area contributed by atoms with Crippen molar-refractivity contribution < 1.29 is 9.47 Å². The standard InChI is InChI=1S/C25H32N6O2/c1-15-4-5-16(2)18(10-15)20-14-31-8-6-17-11-24(33-9-7-25-27-29-30-28-25)23(32-3)12-19(17)22(31)13-21(20)26/h4-5,10-12,20-22H,6-9,13-14,26H2,1-3H3,(H,27,28,29,30)/t20-,21+,22+/m1/s1. The van der Waals surface area contributed by atoms with Gasteiger partial charge in [0.1, 0.15) is 0 Å². The molecule has 0 amide bonds. The van der Waals surface area contributed by atoms with Crippen LogP contribution in [0.2, 0.25) is 0 Å². The number of hydrogen-bond acceptors (Lipinski definition) is 7. The second-order valence-corrected chi connectivity index (χ2v) is 9.26. The monoisotopic (exact) mass is 448 g/mol. The van der Waals surface area contributed by atoms with E-state index in [1.54, 1.807) is 7.11 Å². The number of nitrogens with two attached hydrogens (primary N) is 1. The molecule has 2 aliphatic heterocycles. The Morgan fingerprint density at radius 2 is 2.03 bits per heavy atom. The fourth-order valence-electron chi connectivity index (χ4n) is 5.37. The molecule has 2 aliphatic rings. The highest BCUT2D eigenvalue weighted by Gasteiger charge is 2.39. The van der Waals surface area contributed by atoms with Gasteiger partial charge in [-0.3, -0.25) is 4.90 Å². The first-order chi connectivity index (χ1) is 16.0. The minimum Gasteiger partial charge on any atom is -0.493 e. The van der Waals surface area contributed by atoms with Crippen LogP contribution in [-0.4, -0.2) is 58.4 Å². The van der Waals surface area contributed by atoms with Crippen LogP contribution in [0.25, 0.3) is 0 Å². The highest BCUT2D eigenvalue weighted by atomic mass is 16.5. The minimum absolute atomic E-state index is 0.120. The fourth-order valence-corrected chi connectivity index (χ4v) is 5.37. The number of nitrogens with zero attached hydrogens (tertiary/aromatic N) is 4. The molecular weight excluding hydrogens is 416 g/mol. The van der Waals surface area contributed by atoms with Gasteiger partial charge in [0.2, 0.25) is 0 Å². The first kappa shape index (κ1) is 21.9. The van der Waals surface area contributed by atoms with Crippen molar-refractivity contribution in [3.8, 4) is 11.5 Å². The number of tetrazole rings is 1. The molecule has 0 radical (unpaired) electrons. The number of H-pyrrole nitrogens is 1. The Bertz CT molecular complexity index is 1120. The maximum absolute atomic E-state index is 6.80. The topological polar surface area (TPSA) is 102 Å². The van der Waals surface area contributed by atoms with Gasteiger partial charge in [0.15, 0.2) is 17.3 Å². The fraction of sp³-hybridized carbons (Fsp3) is 0.480. The Labute approximate surface area is 194 Å². The van der Waals surface area contributed by atoms with Crippen LogP contribution in [0.5, 0.6) is 11.5 Å². The van der Waals surface area contributed by atoms with Gasteiger partial charge in [-0.1, -0.05) is 29.0 Å². The molecule has 1 saturated heterocycles. The molecule has 33 heavy (non-hydrogen) atoms. The summed E-state index contributed by atoms with van der Waals surface area (Å²) in [7, 11) is 1.69. The minimum atomic E-state index is 0.120. The Balaban J connectivity index is 1.35. The van der Waals surface area contributed by atoms with Crippen LogP contribution in [0, 0.1) is 13.8 Å². The molecule has 1 aromatic heterocycles. The van der Waals surface area contributed by atoms with E-state index < -0.39 is 0 Å². The summed E-state index contributed by atoms with van der Waals surface area (Å²) >= 11 is 0. The van der Waals surface area contributed by atoms with E-state index >= 15 is 0 Å². The van der Waals surface area contributed by atoms with E-state index in [0.29, 0.717) is 30.8 Å². The number of aromatic amines is 1. The predicted molar refractivity (Wildman–Crippen MR) is 126 cm³/mol. The average molecular weight is 449 g/mol. The van der Waals surface area contributed by atoms with Gasteiger partial charge in [0.05, 0.1) is 13.7 Å². The largest absolute Gasteiger partial charge is 0.493 e. The third kappa shape index (κ3) is 4.32. The summed E-state index contributed by atoms with van der Waals surface area (Å²) in [5.41, 5.74) is 13.5. The molecule has 5 rings (SSSR count). The number of aryl methyl sites for hydroxylation is 2. The first-order valence-corrected chi connectivity index (χ1v) is 11.7. The van der Waals surface area contributed by atoms with Crippen molar-refractivity contribution in [2.75, 3.05) is 26.8 Å². The highest BCUT2D eigenvalue weighted by molar-refractivity contribution is 5.50. The van der Waals surface area contributed by atoms with Crippen LogP contribution in [0.3, 0.4) is 0 Å². The maximum atomic E-state index is 6.80. The zero-order chi connectivity index (χ0) is 22.9. The molecule has 0 spiro atoms. The van der Waals surface area contributed by atoms with Crippen molar-refractivity contribution in [1.82, 2.24) is 25.5 Å². The summed E-state index contributed by atoms with van der Waals surface area (Å²) in [5.74, 6) is 2.52. The van der Waals surface area contributed by atoms with Crippen LogP contribution >= 0.6 is 0 Å². The van der Waals surface area contributed by atoms with Gasteiger partial charge in [-0.2, -0.15) is 5.21 Å². The highest BCUT2D eigenvalue weighted by Crippen LogP contribution is 2.44. The van der Waals surface area contributed by atoms with Crippen molar-refractivity contribution in [2.24, 2.45) is 5.73 Å². The second-order valence-electron chi connectivity index (χ2n) is 9.26. The molecule has 3 aromatic rings. The van der Waals surface area contributed by atoms with E-state index in [-0.39, 0.29) is 6.04 Å². The number of piperidine rings is 1. The average Bonchev–Trinajstić information content (AvgIpc) is 3.33. The molecule has 0 bridgehead atoms. The van der Waals surface area contributed by atoms with Crippen LogP contribution in [-0.2, 0) is 12.8 Å². The summed E-state index contributed by atoms with van der Waals surface area (Å²) in [6.07, 6.45) is 2.51. The Morgan fingerprint density at radius 3 is 2.82 bits per heavy atom. The number of fused-ring (bicyclic) bond motifs is 3. The molecule has 0 unspecified atom stereocenters. The number of benzene rings is 2. The van der Waals surface area contributed by atoms with Gasteiger partial charge in [-0.05, 0) is 61.1 Å². The SMILES string of the molecule is COc1cc2c(cc1OCCc1nn[nH]n1)CCN1C[C@H](c3cc(C)ccc3C)[C@@H](N)C[C@@H]21. The van der Waals surface area contributed by atoms with Crippen LogP contribution in [0.4, 0.5) is 0 Å². The van der Waals surface area contributed by atoms with Gasteiger partial charge in [-0.25, -0.2) is 0 Å². The van der Waals surface area contributed by atoms with Crippen LogP contribution in [0.15, 0.2) is 30.3 Å². The Morgan fingerprint density at radius 1 is 1.15 bits per heavy atom. The molecule has 3 heterocycles. The van der Waals surface area contributed by atoms with Gasteiger partial charge in [0, 0.05) is 37.5 Å². The van der Waals surface area contributed by atoms with Crippen molar-refractivity contribution in [3.05, 3.63) is 64.0 Å². The van der Waals surface area contributed by atoms with E-state index in [4.69, 9.17) is 15.2 Å². The maximum Gasteiger partial charge on any atom is 0.177 e. The number of methoxy groups -OCH3 is 1. The molecular formula is C25H32N6O2. The number of nitrogens with one attached hydrogen (secondary N) is 1. The summed E-state index contributed by atoms with van der Waals surface area (Å²) in [6, 6.07) is 11.5. The number of rotatable bonds is 6. The number of aromatic nitrogens is 4. The molecule has 174 valence electrons. The molecule has 2 aromatic carbocycles. The molecule has 1 fully saturated rings. The predicted octanol–water partition coefficient (Wildman–Crippen LogP) is 2.86. The van der Waals surface area contributed by atoms with Crippen LogP contribution in [0.1, 0.15) is 52.0 Å². The van der Waals surface area contributed by atoms with E-state index in [1.165, 1.54) is 27.8 Å². The van der Waals surface area contributed by atoms with E-state index in [0.717, 1.165) is 37.4 Å².